The summed E-state index contributed by atoms with van der Waals surface area (Å²) in [7, 11) is -2.41. The third-order valence-corrected chi connectivity index (χ3v) is 14.4. The molecule has 23 heavy (non-hydrogen) atoms. The van der Waals surface area contributed by atoms with E-state index in [9.17, 15) is 4.79 Å². The van der Waals surface area contributed by atoms with Crippen LogP contribution in [0.25, 0.3) is 0 Å². The van der Waals surface area contributed by atoms with Crippen LogP contribution in [0.4, 0.5) is 0 Å². The number of hydrogen-bond acceptors (Lipinski definition) is 4. The molecular formula is C17H38O4Si2. The van der Waals surface area contributed by atoms with E-state index in [4.69, 9.17) is 13.6 Å². The Morgan fingerprint density at radius 2 is 1.35 bits per heavy atom. The summed E-state index contributed by atoms with van der Waals surface area (Å²) in [6.45, 7) is 22.5. The molecule has 0 bridgehead atoms. The first-order valence-corrected chi connectivity index (χ1v) is 14.2. The minimum atomic E-state index is -1.96. The highest BCUT2D eigenvalue weighted by atomic mass is 28.4. The summed E-state index contributed by atoms with van der Waals surface area (Å²) in [4.78, 5) is 11.7. The van der Waals surface area contributed by atoms with Crippen LogP contribution in [0.5, 0.6) is 0 Å². The largest absolute Gasteiger partial charge is 0.469 e. The fourth-order valence-corrected chi connectivity index (χ4v) is 3.89. The van der Waals surface area contributed by atoms with E-state index in [2.05, 4.69) is 67.7 Å². The van der Waals surface area contributed by atoms with Crippen molar-refractivity contribution >= 4 is 22.6 Å². The van der Waals surface area contributed by atoms with Crippen molar-refractivity contribution in [2.24, 2.45) is 0 Å². The van der Waals surface area contributed by atoms with E-state index in [1.165, 1.54) is 7.11 Å². The standard InChI is InChI=1S/C17H38O4Si2/c1-16(2,3)22(8,9)20-13-14(12-15(18)19-7)21-23(10,11)17(4,5)6/h14H,12-13H2,1-11H3/t14-/m1/s1. The van der Waals surface area contributed by atoms with Gasteiger partial charge in [-0.15, -0.1) is 0 Å². The van der Waals surface area contributed by atoms with E-state index in [0.717, 1.165) is 0 Å². The lowest BCUT2D eigenvalue weighted by molar-refractivity contribution is -0.143. The first-order valence-electron chi connectivity index (χ1n) is 8.42. The van der Waals surface area contributed by atoms with Gasteiger partial charge in [-0.1, -0.05) is 41.5 Å². The van der Waals surface area contributed by atoms with Crippen molar-refractivity contribution in [1.29, 1.82) is 0 Å². The van der Waals surface area contributed by atoms with Crippen LogP contribution < -0.4 is 0 Å². The zero-order valence-corrected chi connectivity index (χ0v) is 19.1. The van der Waals surface area contributed by atoms with Crippen LogP contribution in [0, 0.1) is 0 Å². The summed E-state index contributed by atoms with van der Waals surface area (Å²) in [6, 6.07) is 0. The molecule has 1 atom stereocenters. The molecule has 6 heteroatoms. The Hall–Kier alpha value is -0.176. The summed E-state index contributed by atoms with van der Waals surface area (Å²) in [5, 5.41) is 0.234. The van der Waals surface area contributed by atoms with Gasteiger partial charge in [-0.05, 0) is 36.3 Å². The molecule has 0 aliphatic rings. The second-order valence-corrected chi connectivity index (χ2v) is 18.9. The topological polar surface area (TPSA) is 44.8 Å². The molecule has 0 aromatic carbocycles. The maximum absolute atomic E-state index is 11.7. The Kier molecular flexibility index (Phi) is 7.74. The quantitative estimate of drug-likeness (QED) is 0.474. The zero-order valence-electron chi connectivity index (χ0n) is 17.1. The van der Waals surface area contributed by atoms with Gasteiger partial charge in [0.1, 0.15) is 0 Å². The number of carbonyl (C=O) groups is 1. The van der Waals surface area contributed by atoms with Crippen LogP contribution in [0.3, 0.4) is 0 Å². The normalized spacial score (nSPS) is 15.4. The smallest absolute Gasteiger partial charge is 0.308 e. The molecule has 0 amide bonds. The summed E-state index contributed by atoms with van der Waals surface area (Å²) in [6.07, 6.45) is 0.00919. The van der Waals surface area contributed by atoms with Gasteiger partial charge in [-0.3, -0.25) is 4.79 Å². The second-order valence-electron chi connectivity index (χ2n) is 9.35. The van der Waals surface area contributed by atoms with Crippen LogP contribution in [-0.4, -0.2) is 42.4 Å². The van der Waals surface area contributed by atoms with Crippen molar-refractivity contribution in [3.63, 3.8) is 0 Å². The molecule has 138 valence electrons. The summed E-state index contributed by atoms with van der Waals surface area (Å²) < 4.78 is 17.5. The first-order chi connectivity index (χ1) is 10.0. The Morgan fingerprint density at radius 1 is 0.913 bits per heavy atom. The van der Waals surface area contributed by atoms with Crippen LogP contribution in [0.15, 0.2) is 0 Å². The predicted octanol–water partition coefficient (Wildman–Crippen LogP) is 4.96. The van der Waals surface area contributed by atoms with Gasteiger partial charge in [0.05, 0.1) is 26.2 Å². The van der Waals surface area contributed by atoms with E-state index in [-0.39, 0.29) is 28.6 Å². The Labute approximate surface area is 145 Å². The van der Waals surface area contributed by atoms with Crippen molar-refractivity contribution in [3.05, 3.63) is 0 Å². The average molecular weight is 363 g/mol. The molecule has 0 N–H and O–H groups in total. The van der Waals surface area contributed by atoms with E-state index in [1.807, 2.05) is 0 Å². The summed E-state index contributed by atoms with van der Waals surface area (Å²) in [5.74, 6) is -0.243. The molecule has 0 heterocycles. The van der Waals surface area contributed by atoms with Crippen molar-refractivity contribution in [3.8, 4) is 0 Å². The van der Waals surface area contributed by atoms with Gasteiger partial charge in [0.15, 0.2) is 16.6 Å². The third-order valence-electron chi connectivity index (χ3n) is 5.33. The fraction of sp³-hybridized carbons (Fsp3) is 0.941. The zero-order chi connectivity index (χ0) is 18.7. The molecule has 0 aromatic rings. The van der Waals surface area contributed by atoms with Crippen LogP contribution in [0.1, 0.15) is 48.0 Å². The number of esters is 1. The molecule has 0 spiro atoms. The molecule has 0 aliphatic heterocycles. The van der Waals surface area contributed by atoms with Crippen molar-refractivity contribution in [1.82, 2.24) is 0 Å². The molecule has 0 radical (unpaired) electrons. The molecule has 0 unspecified atom stereocenters. The van der Waals surface area contributed by atoms with Crippen molar-refractivity contribution < 1.29 is 18.4 Å². The Bertz CT molecular complexity index is 392. The van der Waals surface area contributed by atoms with E-state index in [1.54, 1.807) is 0 Å². The van der Waals surface area contributed by atoms with Gasteiger partial charge in [-0.25, -0.2) is 0 Å². The van der Waals surface area contributed by atoms with Crippen LogP contribution >= 0.6 is 0 Å². The number of hydrogen-bond donors (Lipinski definition) is 0. The average Bonchev–Trinajstić information content (AvgIpc) is 2.32. The Balaban J connectivity index is 5.08. The van der Waals surface area contributed by atoms with Gasteiger partial charge in [0.25, 0.3) is 0 Å². The molecule has 0 fully saturated rings. The maximum Gasteiger partial charge on any atom is 0.308 e. The highest BCUT2D eigenvalue weighted by Gasteiger charge is 2.41. The maximum atomic E-state index is 11.7. The lowest BCUT2D eigenvalue weighted by atomic mass is 10.2. The molecular weight excluding hydrogens is 324 g/mol. The molecule has 0 aliphatic carbocycles. The molecule has 0 aromatic heterocycles. The number of carbonyl (C=O) groups excluding carboxylic acids is 1. The van der Waals surface area contributed by atoms with Crippen LogP contribution in [0.2, 0.25) is 36.3 Å². The fourth-order valence-electron chi connectivity index (χ4n) is 1.52. The van der Waals surface area contributed by atoms with E-state index >= 15 is 0 Å². The first kappa shape index (κ1) is 22.8. The van der Waals surface area contributed by atoms with E-state index < -0.39 is 16.6 Å². The van der Waals surface area contributed by atoms with Gasteiger partial charge in [-0.2, -0.15) is 0 Å². The van der Waals surface area contributed by atoms with Crippen LogP contribution in [-0.2, 0) is 18.4 Å². The third kappa shape index (κ3) is 7.07. The molecule has 0 rings (SSSR count). The summed E-state index contributed by atoms with van der Waals surface area (Å²) >= 11 is 0. The number of ether oxygens (including phenoxy) is 1. The Morgan fingerprint density at radius 3 is 1.70 bits per heavy atom. The second kappa shape index (κ2) is 7.80. The van der Waals surface area contributed by atoms with Gasteiger partial charge in [0, 0.05) is 0 Å². The van der Waals surface area contributed by atoms with Gasteiger partial charge < -0.3 is 13.6 Å². The highest BCUT2D eigenvalue weighted by Crippen LogP contribution is 2.39. The molecule has 0 saturated carbocycles. The lowest BCUT2D eigenvalue weighted by Crippen LogP contribution is -2.48. The van der Waals surface area contributed by atoms with E-state index in [0.29, 0.717) is 6.61 Å². The van der Waals surface area contributed by atoms with Crippen molar-refractivity contribution in [2.45, 2.75) is 90.3 Å². The van der Waals surface area contributed by atoms with Crippen molar-refractivity contribution in [2.75, 3.05) is 13.7 Å². The highest BCUT2D eigenvalue weighted by molar-refractivity contribution is 6.74. The van der Waals surface area contributed by atoms with Gasteiger partial charge in [0.2, 0.25) is 0 Å². The predicted molar refractivity (Wildman–Crippen MR) is 102 cm³/mol. The number of methoxy groups -OCH3 is 1. The lowest BCUT2D eigenvalue weighted by Gasteiger charge is -2.41. The minimum Gasteiger partial charge on any atom is -0.469 e. The van der Waals surface area contributed by atoms with Gasteiger partial charge >= 0.3 is 5.97 Å². The monoisotopic (exact) mass is 362 g/mol. The summed E-state index contributed by atoms with van der Waals surface area (Å²) in [5.41, 5.74) is 0. The molecule has 0 saturated heterocycles. The minimum absolute atomic E-state index is 0.0956. The number of rotatable bonds is 7. The SMILES string of the molecule is COC(=O)C[C@H](CO[Si](C)(C)C(C)(C)C)O[Si](C)(C)C(C)(C)C. The molecule has 4 nitrogen and oxygen atoms in total.